The Balaban J connectivity index is 1.83. The molecule has 164 valence electrons. The zero-order valence-corrected chi connectivity index (χ0v) is 18.6. The number of aromatic nitrogens is 1. The van der Waals surface area contributed by atoms with Crippen molar-refractivity contribution < 1.29 is 13.6 Å². The Morgan fingerprint density at radius 3 is 2.30 bits per heavy atom. The van der Waals surface area contributed by atoms with Gasteiger partial charge in [-0.1, -0.05) is 53.5 Å². The van der Waals surface area contributed by atoms with Gasteiger partial charge in [-0.3, -0.25) is 4.79 Å². The average molecular weight is 481 g/mol. The Morgan fingerprint density at radius 2 is 1.61 bits per heavy atom. The van der Waals surface area contributed by atoms with Gasteiger partial charge >= 0.3 is 0 Å². The van der Waals surface area contributed by atoms with Crippen LogP contribution < -0.4 is 5.73 Å². The van der Waals surface area contributed by atoms with Crippen LogP contribution in [0.5, 0.6) is 0 Å². The number of rotatable bonds is 4. The van der Waals surface area contributed by atoms with Gasteiger partial charge in [0.05, 0.1) is 17.6 Å². The molecule has 0 radical (unpaired) electrons. The molecule has 1 aromatic heterocycles. The third-order valence-corrected chi connectivity index (χ3v) is 6.32. The number of benzene rings is 4. The summed E-state index contributed by atoms with van der Waals surface area (Å²) in [6.45, 7) is -0.0709. The van der Waals surface area contributed by atoms with Gasteiger partial charge in [0.25, 0.3) is 0 Å². The third kappa shape index (κ3) is 3.63. The minimum absolute atomic E-state index is 0.0709. The summed E-state index contributed by atoms with van der Waals surface area (Å²) in [6, 6.07) is 19.7. The number of hydrogen-bond donors (Lipinski definition) is 1. The highest BCUT2D eigenvalue weighted by atomic mass is 35.5. The first-order valence-electron chi connectivity index (χ1n) is 10.1. The molecule has 0 saturated heterocycles. The predicted octanol–water partition coefficient (Wildman–Crippen LogP) is 7.19. The van der Waals surface area contributed by atoms with Gasteiger partial charge in [0.2, 0.25) is 5.91 Å². The zero-order chi connectivity index (χ0) is 23.3. The topological polar surface area (TPSA) is 48.0 Å². The molecule has 2 N–H and O–H groups in total. The lowest BCUT2D eigenvalue weighted by Crippen LogP contribution is -2.11. The van der Waals surface area contributed by atoms with Crippen LogP contribution in [0, 0.1) is 11.6 Å². The second-order valence-corrected chi connectivity index (χ2v) is 8.55. The smallest absolute Gasteiger partial charge is 0.249 e. The number of fused-ring (bicyclic) bond motifs is 3. The van der Waals surface area contributed by atoms with Gasteiger partial charge in [0.1, 0.15) is 11.6 Å². The number of nitrogens with zero attached hydrogens (tertiary/aromatic N) is 1. The van der Waals surface area contributed by atoms with Crippen LogP contribution in [-0.4, -0.2) is 10.5 Å². The zero-order valence-electron chi connectivity index (χ0n) is 17.1. The molecule has 5 rings (SSSR count). The molecule has 3 nitrogen and oxygen atoms in total. The van der Waals surface area contributed by atoms with Crippen LogP contribution in [0.15, 0.2) is 72.8 Å². The first-order valence-corrected chi connectivity index (χ1v) is 10.8. The Hall–Kier alpha value is -3.41. The molecule has 0 aliphatic rings. The van der Waals surface area contributed by atoms with E-state index < -0.39 is 17.5 Å². The monoisotopic (exact) mass is 480 g/mol. The van der Waals surface area contributed by atoms with Gasteiger partial charge in [-0.2, -0.15) is 0 Å². The molecule has 0 aliphatic carbocycles. The highest BCUT2D eigenvalue weighted by molar-refractivity contribution is 6.36. The standard InChI is InChI=1S/C26H16Cl2F2N2O/c27-15-8-10-16(20(28)12-15)14-7-9-17-24(11-14)32(13-19-21(29)4-2-5-22(19)30)23-6-1-3-18(25(17)23)26(31)33/h1-12H,13H2,(H2,31,33). The van der Waals surface area contributed by atoms with Gasteiger partial charge in [-0.25, -0.2) is 8.78 Å². The van der Waals surface area contributed by atoms with Crippen molar-refractivity contribution >= 4 is 50.9 Å². The van der Waals surface area contributed by atoms with Crippen molar-refractivity contribution in [3.05, 3.63) is 106 Å². The first-order chi connectivity index (χ1) is 15.8. The van der Waals surface area contributed by atoms with E-state index in [9.17, 15) is 13.6 Å². The number of nitrogens with two attached hydrogens (primary N) is 1. The SMILES string of the molecule is NC(=O)c1cccc2c1c1ccc(-c3ccc(Cl)cc3Cl)cc1n2Cc1c(F)cccc1F. The lowest BCUT2D eigenvalue weighted by Gasteiger charge is -2.11. The predicted molar refractivity (Wildman–Crippen MR) is 129 cm³/mol. The molecular weight excluding hydrogens is 465 g/mol. The van der Waals surface area contributed by atoms with Crippen LogP contribution in [0.3, 0.4) is 0 Å². The van der Waals surface area contributed by atoms with Crippen molar-refractivity contribution in [2.45, 2.75) is 6.54 Å². The summed E-state index contributed by atoms with van der Waals surface area (Å²) in [5, 5.41) is 2.36. The fourth-order valence-corrected chi connectivity index (χ4v) is 4.77. The van der Waals surface area contributed by atoms with E-state index in [1.807, 2.05) is 24.3 Å². The number of amides is 1. The van der Waals surface area contributed by atoms with Crippen molar-refractivity contribution in [2.75, 3.05) is 0 Å². The number of hydrogen-bond acceptors (Lipinski definition) is 1. The van der Waals surface area contributed by atoms with Crippen LogP contribution in [0.1, 0.15) is 15.9 Å². The summed E-state index contributed by atoms with van der Waals surface area (Å²) >= 11 is 12.5. The van der Waals surface area contributed by atoms with Crippen LogP contribution in [0.2, 0.25) is 10.0 Å². The number of primary amides is 1. The maximum Gasteiger partial charge on any atom is 0.249 e. The average Bonchev–Trinajstić information content (AvgIpc) is 3.09. The Bertz CT molecular complexity index is 1560. The van der Waals surface area contributed by atoms with Crippen molar-refractivity contribution in [3.8, 4) is 11.1 Å². The van der Waals surface area contributed by atoms with Crippen molar-refractivity contribution in [2.24, 2.45) is 5.73 Å². The normalized spacial score (nSPS) is 11.4. The minimum Gasteiger partial charge on any atom is -0.366 e. The number of carbonyl (C=O) groups excluding carboxylic acids is 1. The Morgan fingerprint density at radius 1 is 0.879 bits per heavy atom. The first kappa shape index (κ1) is 21.4. The molecule has 1 heterocycles. The molecule has 0 fully saturated rings. The van der Waals surface area contributed by atoms with Crippen LogP contribution in [0.25, 0.3) is 32.9 Å². The summed E-state index contributed by atoms with van der Waals surface area (Å²) < 4.78 is 30.8. The van der Waals surface area contributed by atoms with Gasteiger partial charge in [0.15, 0.2) is 0 Å². The molecule has 5 aromatic rings. The minimum atomic E-state index is -0.645. The second kappa shape index (κ2) is 8.18. The molecule has 0 saturated carbocycles. The second-order valence-electron chi connectivity index (χ2n) is 7.71. The van der Waals surface area contributed by atoms with Crippen LogP contribution >= 0.6 is 23.2 Å². The maximum absolute atomic E-state index is 14.5. The Labute approximate surface area is 197 Å². The maximum atomic E-state index is 14.5. The van der Waals surface area contributed by atoms with E-state index in [1.54, 1.807) is 34.9 Å². The van der Waals surface area contributed by atoms with Crippen molar-refractivity contribution in [3.63, 3.8) is 0 Å². The van der Waals surface area contributed by atoms with Crippen LogP contribution in [-0.2, 0) is 6.54 Å². The summed E-state index contributed by atoms with van der Waals surface area (Å²) in [4.78, 5) is 12.2. The van der Waals surface area contributed by atoms with Gasteiger partial charge in [-0.15, -0.1) is 0 Å². The van der Waals surface area contributed by atoms with E-state index >= 15 is 0 Å². The largest absolute Gasteiger partial charge is 0.366 e. The molecule has 0 bridgehead atoms. The molecule has 7 heteroatoms. The third-order valence-electron chi connectivity index (χ3n) is 5.78. The van der Waals surface area contributed by atoms with E-state index in [0.29, 0.717) is 32.0 Å². The lowest BCUT2D eigenvalue weighted by molar-refractivity contribution is 0.100. The van der Waals surface area contributed by atoms with Gasteiger partial charge in [-0.05, 0) is 48.0 Å². The number of halogens is 4. The fourth-order valence-electron chi connectivity index (χ4n) is 4.25. The summed E-state index contributed by atoms with van der Waals surface area (Å²) in [5.74, 6) is -1.87. The molecule has 0 aliphatic heterocycles. The Kier molecular flexibility index (Phi) is 5.31. The summed E-state index contributed by atoms with van der Waals surface area (Å²) in [6.07, 6.45) is 0. The lowest BCUT2D eigenvalue weighted by atomic mass is 10.0. The van der Waals surface area contributed by atoms with Crippen molar-refractivity contribution in [1.29, 1.82) is 0 Å². The summed E-state index contributed by atoms with van der Waals surface area (Å²) in [7, 11) is 0. The highest BCUT2D eigenvalue weighted by Gasteiger charge is 2.19. The van der Waals surface area contributed by atoms with Gasteiger partial charge < -0.3 is 10.3 Å². The van der Waals surface area contributed by atoms with E-state index in [0.717, 1.165) is 16.5 Å². The molecule has 0 unspecified atom stereocenters. The molecule has 4 aromatic carbocycles. The highest BCUT2D eigenvalue weighted by Crippen LogP contribution is 2.37. The number of carbonyl (C=O) groups is 1. The molecule has 0 spiro atoms. The van der Waals surface area contributed by atoms with E-state index in [4.69, 9.17) is 28.9 Å². The summed E-state index contributed by atoms with van der Waals surface area (Å²) in [5.41, 5.74) is 8.78. The van der Waals surface area contributed by atoms with Crippen molar-refractivity contribution in [1.82, 2.24) is 4.57 Å². The molecular formula is C26H16Cl2F2N2O. The molecule has 33 heavy (non-hydrogen) atoms. The molecule has 1 amide bonds. The quantitative estimate of drug-likeness (QED) is 0.290. The van der Waals surface area contributed by atoms with Gasteiger partial charge in [0, 0.05) is 37.5 Å². The fraction of sp³-hybridized carbons (Fsp3) is 0.0385. The molecule has 0 atom stereocenters. The van der Waals surface area contributed by atoms with E-state index in [2.05, 4.69) is 0 Å². The van der Waals surface area contributed by atoms with E-state index in [1.165, 1.54) is 18.2 Å². The van der Waals surface area contributed by atoms with Crippen LogP contribution in [0.4, 0.5) is 8.78 Å². The van der Waals surface area contributed by atoms with E-state index in [-0.39, 0.29) is 12.1 Å².